The van der Waals surface area contributed by atoms with E-state index < -0.39 is 24.0 Å². The number of alkyl halides is 3. The van der Waals surface area contributed by atoms with Gasteiger partial charge in [-0.3, -0.25) is 9.36 Å². The van der Waals surface area contributed by atoms with E-state index in [9.17, 15) is 22.8 Å². The number of halogens is 4. The molecule has 0 amide bonds. The lowest BCUT2D eigenvalue weighted by Gasteiger charge is -2.10. The SMILES string of the molecule is C=CCn1c(=O)c(Br)nn(CC(F)(F)F)c1=O. The molecule has 0 bridgehead atoms. The number of allylic oxidation sites excluding steroid dienone is 1. The molecule has 0 aromatic carbocycles. The molecule has 0 radical (unpaired) electrons. The van der Waals surface area contributed by atoms with Gasteiger partial charge in [0.05, 0.1) is 0 Å². The van der Waals surface area contributed by atoms with Gasteiger partial charge in [0.15, 0.2) is 4.60 Å². The maximum absolute atomic E-state index is 12.1. The molecule has 0 aliphatic carbocycles. The van der Waals surface area contributed by atoms with Gasteiger partial charge in [-0.25, -0.2) is 9.48 Å². The zero-order chi connectivity index (χ0) is 13.2. The highest BCUT2D eigenvalue weighted by molar-refractivity contribution is 9.10. The average molecular weight is 314 g/mol. The lowest BCUT2D eigenvalue weighted by atomic mass is 10.6. The Hall–Kier alpha value is -1.38. The smallest absolute Gasteiger partial charge is 0.266 e. The average Bonchev–Trinajstić information content (AvgIpc) is 2.19. The first kappa shape index (κ1) is 13.7. The van der Waals surface area contributed by atoms with Crippen LogP contribution in [0.25, 0.3) is 0 Å². The molecule has 0 saturated heterocycles. The maximum atomic E-state index is 12.1. The fourth-order valence-corrected chi connectivity index (χ4v) is 1.50. The number of nitrogens with zero attached hydrogens (tertiary/aromatic N) is 3. The minimum absolute atomic E-state index is 0.176. The first-order chi connectivity index (χ1) is 7.76. The standard InChI is InChI=1S/C8H7BrF3N3O2/c1-2-3-14-6(16)5(9)13-15(7(14)17)4-8(10,11)12/h2H,1,3-4H2. The molecule has 0 aliphatic rings. The molecular formula is C8H7BrF3N3O2. The van der Waals surface area contributed by atoms with Crippen LogP contribution in [0.3, 0.4) is 0 Å². The predicted molar refractivity (Wildman–Crippen MR) is 56.7 cm³/mol. The van der Waals surface area contributed by atoms with E-state index in [1.54, 1.807) is 0 Å². The molecule has 9 heteroatoms. The van der Waals surface area contributed by atoms with Crippen molar-refractivity contribution in [2.75, 3.05) is 0 Å². The molecule has 1 rings (SSSR count). The van der Waals surface area contributed by atoms with E-state index in [1.165, 1.54) is 6.08 Å². The molecule has 0 spiro atoms. The zero-order valence-electron chi connectivity index (χ0n) is 8.37. The Balaban J connectivity index is 3.40. The second-order valence-corrected chi connectivity index (χ2v) is 3.80. The molecule has 94 valence electrons. The van der Waals surface area contributed by atoms with E-state index in [0.29, 0.717) is 4.57 Å². The van der Waals surface area contributed by atoms with Crippen molar-refractivity contribution in [2.24, 2.45) is 0 Å². The summed E-state index contributed by atoms with van der Waals surface area (Å²) in [6, 6.07) is 0. The van der Waals surface area contributed by atoms with Gasteiger partial charge in [-0.2, -0.15) is 18.3 Å². The summed E-state index contributed by atoms with van der Waals surface area (Å²) in [5.41, 5.74) is -1.93. The van der Waals surface area contributed by atoms with Gasteiger partial charge >= 0.3 is 11.9 Å². The fraction of sp³-hybridized carbons (Fsp3) is 0.375. The van der Waals surface area contributed by atoms with Crippen LogP contribution >= 0.6 is 15.9 Å². The fourth-order valence-electron chi connectivity index (χ4n) is 1.09. The van der Waals surface area contributed by atoms with Crippen LogP contribution in [0.2, 0.25) is 0 Å². The third-order valence-corrected chi connectivity index (χ3v) is 2.22. The van der Waals surface area contributed by atoms with Gasteiger partial charge in [-0.15, -0.1) is 6.58 Å². The van der Waals surface area contributed by atoms with E-state index in [4.69, 9.17) is 0 Å². The molecule has 0 unspecified atom stereocenters. The van der Waals surface area contributed by atoms with Crippen LogP contribution in [0.1, 0.15) is 0 Å². The zero-order valence-corrected chi connectivity index (χ0v) is 9.95. The maximum Gasteiger partial charge on any atom is 0.408 e. The van der Waals surface area contributed by atoms with Crippen LogP contribution in [0.5, 0.6) is 0 Å². The lowest BCUT2D eigenvalue weighted by molar-refractivity contribution is -0.143. The second-order valence-electron chi connectivity index (χ2n) is 3.05. The quantitative estimate of drug-likeness (QED) is 0.780. The second kappa shape index (κ2) is 4.86. The van der Waals surface area contributed by atoms with Crippen molar-refractivity contribution >= 4 is 15.9 Å². The van der Waals surface area contributed by atoms with Crippen molar-refractivity contribution in [1.29, 1.82) is 0 Å². The van der Waals surface area contributed by atoms with Crippen LogP contribution in [-0.4, -0.2) is 20.5 Å². The molecule has 1 aromatic rings. The number of hydrogen-bond acceptors (Lipinski definition) is 3. The summed E-state index contributed by atoms with van der Waals surface area (Å²) in [6.45, 7) is 1.57. The van der Waals surface area contributed by atoms with Crippen molar-refractivity contribution in [3.63, 3.8) is 0 Å². The monoisotopic (exact) mass is 313 g/mol. The summed E-state index contributed by atoms with van der Waals surface area (Å²) in [6.07, 6.45) is -3.36. The number of rotatable bonds is 3. The molecular weight excluding hydrogens is 307 g/mol. The normalized spacial score (nSPS) is 11.5. The largest absolute Gasteiger partial charge is 0.408 e. The highest BCUT2D eigenvalue weighted by Gasteiger charge is 2.30. The molecule has 0 saturated carbocycles. The van der Waals surface area contributed by atoms with Crippen LogP contribution < -0.4 is 11.2 Å². The summed E-state index contributed by atoms with van der Waals surface area (Å²) < 4.78 is 36.9. The van der Waals surface area contributed by atoms with E-state index in [2.05, 4.69) is 27.6 Å². The van der Waals surface area contributed by atoms with Crippen molar-refractivity contribution < 1.29 is 13.2 Å². The summed E-state index contributed by atoms with van der Waals surface area (Å²) in [5.74, 6) is 0. The van der Waals surface area contributed by atoms with Crippen molar-refractivity contribution in [3.8, 4) is 0 Å². The highest BCUT2D eigenvalue weighted by atomic mass is 79.9. The Bertz CT molecular complexity index is 546. The Morgan fingerprint density at radius 2 is 2.00 bits per heavy atom. The predicted octanol–water partition coefficient (Wildman–Crippen LogP) is 0.916. The topological polar surface area (TPSA) is 56.9 Å². The number of hydrogen-bond donors (Lipinski definition) is 0. The van der Waals surface area contributed by atoms with Crippen LogP contribution in [0.4, 0.5) is 13.2 Å². The first-order valence-electron chi connectivity index (χ1n) is 4.31. The molecule has 0 aliphatic heterocycles. The third kappa shape index (κ3) is 3.29. The third-order valence-electron chi connectivity index (χ3n) is 1.72. The molecule has 1 heterocycles. The molecule has 1 aromatic heterocycles. The van der Waals surface area contributed by atoms with E-state index in [0.717, 1.165) is 0 Å². The van der Waals surface area contributed by atoms with Crippen molar-refractivity contribution in [2.45, 2.75) is 19.3 Å². The van der Waals surface area contributed by atoms with Crippen molar-refractivity contribution in [3.05, 3.63) is 38.1 Å². The highest BCUT2D eigenvalue weighted by Crippen LogP contribution is 2.15. The molecule has 0 N–H and O–H groups in total. The summed E-state index contributed by atoms with van der Waals surface area (Å²) >= 11 is 2.70. The lowest BCUT2D eigenvalue weighted by Crippen LogP contribution is -2.43. The summed E-state index contributed by atoms with van der Waals surface area (Å²) in [7, 11) is 0. The van der Waals surface area contributed by atoms with Crippen LogP contribution in [0, 0.1) is 0 Å². The van der Waals surface area contributed by atoms with Gasteiger partial charge < -0.3 is 0 Å². The van der Waals surface area contributed by atoms with Gasteiger partial charge in [-0.05, 0) is 15.9 Å². The van der Waals surface area contributed by atoms with Crippen LogP contribution in [0.15, 0.2) is 26.8 Å². The molecule has 5 nitrogen and oxygen atoms in total. The van der Waals surface area contributed by atoms with E-state index >= 15 is 0 Å². The van der Waals surface area contributed by atoms with Gasteiger partial charge in [0.1, 0.15) is 6.54 Å². The van der Waals surface area contributed by atoms with E-state index in [-0.39, 0.29) is 15.8 Å². The Morgan fingerprint density at radius 3 is 2.47 bits per heavy atom. The van der Waals surface area contributed by atoms with Crippen molar-refractivity contribution in [1.82, 2.24) is 14.3 Å². The molecule has 17 heavy (non-hydrogen) atoms. The summed E-state index contributed by atoms with van der Waals surface area (Å²) in [5, 5.41) is 3.23. The molecule has 0 fully saturated rings. The Kier molecular flexibility index (Phi) is 3.91. The Labute approximate surface area is 101 Å². The van der Waals surface area contributed by atoms with Gasteiger partial charge in [0, 0.05) is 6.54 Å². The minimum Gasteiger partial charge on any atom is -0.266 e. The molecule has 0 atom stereocenters. The first-order valence-corrected chi connectivity index (χ1v) is 5.10. The van der Waals surface area contributed by atoms with Gasteiger partial charge in [0.25, 0.3) is 5.56 Å². The van der Waals surface area contributed by atoms with Crippen LogP contribution in [-0.2, 0) is 13.1 Å². The van der Waals surface area contributed by atoms with Gasteiger partial charge in [0.2, 0.25) is 0 Å². The number of aromatic nitrogens is 3. The van der Waals surface area contributed by atoms with Gasteiger partial charge in [-0.1, -0.05) is 6.08 Å². The summed E-state index contributed by atoms with van der Waals surface area (Å²) in [4.78, 5) is 22.9. The minimum atomic E-state index is -4.59. The Morgan fingerprint density at radius 1 is 1.41 bits per heavy atom. The van der Waals surface area contributed by atoms with E-state index in [1.807, 2.05) is 0 Å².